The average Bonchev–Trinajstić information content (AvgIpc) is 2.60. The molecule has 0 radical (unpaired) electrons. The number of carbonyl (C=O) groups is 1. The zero-order valence-electron chi connectivity index (χ0n) is 16.3. The summed E-state index contributed by atoms with van der Waals surface area (Å²) in [5.41, 5.74) is 7.95. The van der Waals surface area contributed by atoms with Gasteiger partial charge >= 0.3 is 5.97 Å². The van der Waals surface area contributed by atoms with Gasteiger partial charge < -0.3 is 10.0 Å². The molecule has 2 aromatic rings. The van der Waals surface area contributed by atoms with Crippen LogP contribution in [0.3, 0.4) is 0 Å². The van der Waals surface area contributed by atoms with Crippen LogP contribution < -0.4 is 4.90 Å². The molecule has 0 aliphatic heterocycles. The number of anilines is 2. The Kier molecular flexibility index (Phi) is 4.66. The molecule has 0 aromatic heterocycles. The molecule has 0 unspecified atom stereocenters. The highest BCUT2D eigenvalue weighted by Gasteiger charge is 2.28. The normalized spacial score (nSPS) is 15.2. The fraction of sp³-hybridized carbons (Fsp3) is 0.348. The number of benzene rings is 2. The van der Waals surface area contributed by atoms with Crippen LogP contribution >= 0.6 is 0 Å². The number of aromatic carboxylic acids is 1. The van der Waals surface area contributed by atoms with E-state index in [-0.39, 0.29) is 5.41 Å². The number of carboxylic acid groups (broad SMARTS) is 1. The van der Waals surface area contributed by atoms with Gasteiger partial charge in [0.1, 0.15) is 0 Å². The Bertz CT molecular complexity index is 876. The SMILES string of the molecule is CCN(c1ccc(C(=O)O)cc1)c1cc2c(cc1C)C(C)=CCC2(C)C. The molecule has 1 aliphatic carbocycles. The van der Waals surface area contributed by atoms with Crippen molar-refractivity contribution in [2.75, 3.05) is 11.4 Å². The minimum absolute atomic E-state index is 0.115. The lowest BCUT2D eigenvalue weighted by Crippen LogP contribution is -2.24. The van der Waals surface area contributed by atoms with Gasteiger partial charge in [-0.05, 0) is 91.3 Å². The van der Waals surface area contributed by atoms with Crippen LogP contribution in [0.2, 0.25) is 0 Å². The quantitative estimate of drug-likeness (QED) is 0.743. The molecule has 0 saturated carbocycles. The highest BCUT2D eigenvalue weighted by molar-refractivity contribution is 5.88. The topological polar surface area (TPSA) is 40.5 Å². The third-order valence-corrected chi connectivity index (χ3v) is 5.44. The lowest BCUT2D eigenvalue weighted by molar-refractivity contribution is 0.0697. The van der Waals surface area contributed by atoms with Gasteiger partial charge in [0.15, 0.2) is 0 Å². The van der Waals surface area contributed by atoms with E-state index in [1.54, 1.807) is 12.1 Å². The van der Waals surface area contributed by atoms with Crippen LogP contribution in [0.25, 0.3) is 5.57 Å². The van der Waals surface area contributed by atoms with E-state index in [0.717, 1.165) is 18.7 Å². The zero-order chi connectivity index (χ0) is 19.1. The summed E-state index contributed by atoms with van der Waals surface area (Å²) in [5.74, 6) is -0.895. The van der Waals surface area contributed by atoms with Gasteiger partial charge in [-0.25, -0.2) is 4.79 Å². The van der Waals surface area contributed by atoms with Gasteiger partial charge in [0.05, 0.1) is 5.56 Å². The van der Waals surface area contributed by atoms with E-state index in [0.29, 0.717) is 5.56 Å². The highest BCUT2D eigenvalue weighted by Crippen LogP contribution is 2.42. The predicted octanol–water partition coefficient (Wildman–Crippen LogP) is 5.94. The molecule has 2 aromatic carbocycles. The molecule has 0 heterocycles. The number of hydrogen-bond donors (Lipinski definition) is 1. The second-order valence-corrected chi connectivity index (χ2v) is 7.76. The van der Waals surface area contributed by atoms with Crippen molar-refractivity contribution >= 4 is 22.9 Å². The maximum atomic E-state index is 11.1. The summed E-state index contributed by atoms with van der Waals surface area (Å²) >= 11 is 0. The Morgan fingerprint density at radius 3 is 2.38 bits per heavy atom. The van der Waals surface area contributed by atoms with E-state index in [4.69, 9.17) is 5.11 Å². The van der Waals surface area contributed by atoms with Crippen LogP contribution in [0.1, 0.15) is 61.2 Å². The van der Waals surface area contributed by atoms with Crippen molar-refractivity contribution in [1.82, 2.24) is 0 Å². The molecular weight excluding hydrogens is 322 g/mol. The molecule has 0 saturated heterocycles. The molecule has 3 heteroatoms. The van der Waals surface area contributed by atoms with E-state index >= 15 is 0 Å². The Balaban J connectivity index is 2.10. The smallest absolute Gasteiger partial charge is 0.335 e. The summed E-state index contributed by atoms with van der Waals surface area (Å²) in [7, 11) is 0. The second-order valence-electron chi connectivity index (χ2n) is 7.76. The van der Waals surface area contributed by atoms with Gasteiger partial charge in [-0.15, -0.1) is 0 Å². The molecule has 1 aliphatic rings. The van der Waals surface area contributed by atoms with E-state index in [9.17, 15) is 4.79 Å². The third kappa shape index (κ3) is 3.14. The van der Waals surface area contributed by atoms with Crippen molar-refractivity contribution < 1.29 is 9.90 Å². The second kappa shape index (κ2) is 6.64. The molecule has 0 fully saturated rings. The maximum absolute atomic E-state index is 11.1. The average molecular weight is 349 g/mol. The molecule has 0 atom stereocenters. The first-order valence-electron chi connectivity index (χ1n) is 9.17. The number of rotatable bonds is 4. The number of aryl methyl sites for hydroxylation is 1. The molecular formula is C23H27NO2. The summed E-state index contributed by atoms with van der Waals surface area (Å²) in [5, 5.41) is 9.13. The number of nitrogens with zero attached hydrogens (tertiary/aromatic N) is 1. The summed E-state index contributed by atoms with van der Waals surface area (Å²) in [6.45, 7) is 11.9. The fourth-order valence-corrected chi connectivity index (χ4v) is 3.78. The number of fused-ring (bicyclic) bond motifs is 1. The Labute approximate surface area is 156 Å². The first kappa shape index (κ1) is 18.2. The van der Waals surface area contributed by atoms with Crippen molar-refractivity contribution in [2.24, 2.45) is 0 Å². The predicted molar refractivity (Wildman–Crippen MR) is 109 cm³/mol. The summed E-state index contributed by atoms with van der Waals surface area (Å²) in [6.07, 6.45) is 3.39. The van der Waals surface area contributed by atoms with Gasteiger partial charge in [-0.2, -0.15) is 0 Å². The number of allylic oxidation sites excluding steroid dienone is 2. The molecule has 136 valence electrons. The van der Waals surface area contributed by atoms with Crippen LogP contribution in [-0.4, -0.2) is 17.6 Å². The minimum atomic E-state index is -0.895. The minimum Gasteiger partial charge on any atom is -0.478 e. The van der Waals surface area contributed by atoms with E-state index < -0.39 is 5.97 Å². The molecule has 26 heavy (non-hydrogen) atoms. The van der Waals surface area contributed by atoms with Crippen molar-refractivity contribution in [1.29, 1.82) is 0 Å². The number of hydrogen-bond acceptors (Lipinski definition) is 2. The monoisotopic (exact) mass is 349 g/mol. The lowest BCUT2D eigenvalue weighted by atomic mass is 9.73. The molecule has 1 N–H and O–H groups in total. The van der Waals surface area contributed by atoms with Gasteiger partial charge in [-0.3, -0.25) is 0 Å². The van der Waals surface area contributed by atoms with Crippen LogP contribution in [0.5, 0.6) is 0 Å². The van der Waals surface area contributed by atoms with Gasteiger partial charge in [-0.1, -0.05) is 19.9 Å². The fourth-order valence-electron chi connectivity index (χ4n) is 3.78. The van der Waals surface area contributed by atoms with Crippen molar-refractivity contribution in [3.05, 3.63) is 64.7 Å². The number of carboxylic acids is 1. The first-order valence-corrected chi connectivity index (χ1v) is 9.17. The maximum Gasteiger partial charge on any atom is 0.335 e. The molecule has 0 bridgehead atoms. The Morgan fingerprint density at radius 2 is 1.81 bits per heavy atom. The van der Waals surface area contributed by atoms with E-state index in [1.165, 1.54) is 28.0 Å². The summed E-state index contributed by atoms with van der Waals surface area (Å²) in [4.78, 5) is 13.4. The van der Waals surface area contributed by atoms with Gasteiger partial charge in [0.25, 0.3) is 0 Å². The first-order chi connectivity index (χ1) is 12.2. The van der Waals surface area contributed by atoms with Crippen LogP contribution in [-0.2, 0) is 5.41 Å². The van der Waals surface area contributed by atoms with Crippen LogP contribution in [0.4, 0.5) is 11.4 Å². The Hall–Kier alpha value is -2.55. The Morgan fingerprint density at radius 1 is 1.15 bits per heavy atom. The van der Waals surface area contributed by atoms with Crippen LogP contribution in [0, 0.1) is 6.92 Å². The van der Waals surface area contributed by atoms with Crippen molar-refractivity contribution in [2.45, 2.75) is 46.5 Å². The molecule has 0 amide bonds. The largest absolute Gasteiger partial charge is 0.478 e. The van der Waals surface area contributed by atoms with Gasteiger partial charge in [0, 0.05) is 17.9 Å². The zero-order valence-corrected chi connectivity index (χ0v) is 16.3. The summed E-state index contributed by atoms with van der Waals surface area (Å²) < 4.78 is 0. The van der Waals surface area contributed by atoms with Crippen LogP contribution in [0.15, 0.2) is 42.5 Å². The molecule has 3 rings (SSSR count). The summed E-state index contributed by atoms with van der Waals surface area (Å²) in [6, 6.07) is 11.8. The standard InChI is InChI=1S/C23H27NO2/c1-6-24(18-9-7-17(8-10-18)22(25)26)21-14-20-19(13-16(21)3)15(2)11-12-23(20,4)5/h7-11,13-14H,6,12H2,1-5H3,(H,25,26). The highest BCUT2D eigenvalue weighted by atomic mass is 16.4. The third-order valence-electron chi connectivity index (χ3n) is 5.44. The molecule has 0 spiro atoms. The van der Waals surface area contributed by atoms with Crippen molar-refractivity contribution in [3.8, 4) is 0 Å². The van der Waals surface area contributed by atoms with E-state index in [2.05, 4.69) is 57.7 Å². The van der Waals surface area contributed by atoms with E-state index in [1.807, 2.05) is 12.1 Å². The van der Waals surface area contributed by atoms with Gasteiger partial charge in [0.2, 0.25) is 0 Å². The van der Waals surface area contributed by atoms with Crippen molar-refractivity contribution in [3.63, 3.8) is 0 Å². The lowest BCUT2D eigenvalue weighted by Gasteiger charge is -2.34. The molecule has 3 nitrogen and oxygen atoms in total.